The van der Waals surface area contributed by atoms with Crippen LogP contribution in [0.25, 0.3) is 10.9 Å². The average molecular weight is 332 g/mol. The summed E-state index contributed by atoms with van der Waals surface area (Å²) in [7, 11) is 2.03. The third-order valence-electron chi connectivity index (χ3n) is 3.24. The molecule has 0 spiro atoms. The first-order valence-corrected chi connectivity index (χ1v) is 7.00. The molecule has 0 atom stereocenters. The van der Waals surface area contributed by atoms with Crippen LogP contribution in [0.3, 0.4) is 0 Å². The third-order valence-corrected chi connectivity index (χ3v) is 3.67. The highest BCUT2D eigenvalue weighted by molar-refractivity contribution is 9.10. The first kappa shape index (κ1) is 13.0. The number of nitrogens with zero attached hydrogens (tertiary/aromatic N) is 2. The summed E-state index contributed by atoms with van der Waals surface area (Å²) in [6.07, 6.45) is 5.22. The Bertz CT molecular complexity index is 740. The molecule has 0 unspecified atom stereocenters. The largest absolute Gasteiger partial charge is 0.472 e. The maximum Gasteiger partial charge on any atom is 0.0956 e. The summed E-state index contributed by atoms with van der Waals surface area (Å²) >= 11 is 3.43. The highest BCUT2D eigenvalue weighted by Crippen LogP contribution is 2.31. The Morgan fingerprint density at radius 1 is 1.35 bits per heavy atom. The summed E-state index contributed by atoms with van der Waals surface area (Å²) in [4.78, 5) is 6.63. The van der Waals surface area contributed by atoms with Crippen molar-refractivity contribution in [3.63, 3.8) is 0 Å². The zero-order chi connectivity index (χ0) is 14.1. The lowest BCUT2D eigenvalue weighted by Gasteiger charge is -2.20. The molecule has 0 aliphatic carbocycles. The van der Waals surface area contributed by atoms with Gasteiger partial charge in [-0.3, -0.25) is 4.98 Å². The molecule has 2 aromatic heterocycles. The van der Waals surface area contributed by atoms with E-state index < -0.39 is 0 Å². The number of fused-ring (bicyclic) bond motifs is 1. The number of halogens is 1. The van der Waals surface area contributed by atoms with E-state index >= 15 is 0 Å². The molecular formula is C15H14BrN3O. The zero-order valence-corrected chi connectivity index (χ0v) is 12.6. The number of aromatic nitrogens is 1. The number of nitrogen functional groups attached to an aromatic ring is 1. The van der Waals surface area contributed by atoms with E-state index in [0.29, 0.717) is 0 Å². The summed E-state index contributed by atoms with van der Waals surface area (Å²) in [6.45, 7) is 0.757. The van der Waals surface area contributed by atoms with Crippen LogP contribution < -0.4 is 10.6 Å². The highest BCUT2D eigenvalue weighted by Gasteiger charge is 2.11. The maximum absolute atomic E-state index is 6.04. The first-order valence-electron chi connectivity index (χ1n) is 6.21. The van der Waals surface area contributed by atoms with Crippen molar-refractivity contribution in [2.24, 2.45) is 0 Å². The molecule has 20 heavy (non-hydrogen) atoms. The van der Waals surface area contributed by atoms with Crippen LogP contribution in [-0.2, 0) is 6.54 Å². The second-order valence-electron chi connectivity index (χ2n) is 4.71. The lowest BCUT2D eigenvalue weighted by molar-refractivity contribution is 0.563. The van der Waals surface area contributed by atoms with Crippen molar-refractivity contribution in [1.82, 2.24) is 4.98 Å². The smallest absolute Gasteiger partial charge is 0.0956 e. The number of benzene rings is 1. The van der Waals surface area contributed by atoms with Gasteiger partial charge in [0.15, 0.2) is 0 Å². The standard InChI is InChI=1S/C15H14BrN3O/c1-19(8-10-4-5-20-9-10)14-3-2-13(17)12-6-11(16)7-18-15(12)14/h2-7,9H,8,17H2,1H3. The molecule has 102 valence electrons. The minimum atomic E-state index is 0.731. The Kier molecular flexibility index (Phi) is 3.36. The minimum Gasteiger partial charge on any atom is -0.472 e. The average Bonchev–Trinajstić information content (AvgIpc) is 2.92. The number of furan rings is 1. The second-order valence-corrected chi connectivity index (χ2v) is 5.63. The van der Waals surface area contributed by atoms with Gasteiger partial charge >= 0.3 is 0 Å². The van der Waals surface area contributed by atoms with Gasteiger partial charge in [0.1, 0.15) is 0 Å². The number of nitrogens with two attached hydrogens (primary N) is 1. The summed E-state index contributed by atoms with van der Waals surface area (Å²) < 4.78 is 6.03. The van der Waals surface area contributed by atoms with Crippen molar-refractivity contribution in [3.8, 4) is 0 Å². The van der Waals surface area contributed by atoms with Crippen molar-refractivity contribution in [2.75, 3.05) is 17.7 Å². The van der Waals surface area contributed by atoms with E-state index in [4.69, 9.17) is 10.2 Å². The van der Waals surface area contributed by atoms with Crippen LogP contribution in [0.5, 0.6) is 0 Å². The quantitative estimate of drug-likeness (QED) is 0.741. The zero-order valence-electron chi connectivity index (χ0n) is 11.0. The normalized spacial score (nSPS) is 10.9. The van der Waals surface area contributed by atoms with Crippen molar-refractivity contribution in [1.29, 1.82) is 0 Å². The van der Waals surface area contributed by atoms with Crippen molar-refractivity contribution >= 4 is 38.2 Å². The van der Waals surface area contributed by atoms with Crippen LogP contribution in [0.4, 0.5) is 11.4 Å². The van der Waals surface area contributed by atoms with Crippen LogP contribution in [0.15, 0.2) is 51.9 Å². The van der Waals surface area contributed by atoms with Gasteiger partial charge in [-0.15, -0.1) is 0 Å². The fourth-order valence-corrected chi connectivity index (χ4v) is 2.58. The molecule has 2 heterocycles. The van der Waals surface area contributed by atoms with E-state index in [9.17, 15) is 0 Å². The Balaban J connectivity index is 2.05. The Labute approximate surface area is 125 Å². The van der Waals surface area contributed by atoms with E-state index in [-0.39, 0.29) is 0 Å². The summed E-state index contributed by atoms with van der Waals surface area (Å²) in [5.74, 6) is 0. The lowest BCUT2D eigenvalue weighted by Crippen LogP contribution is -2.16. The molecule has 0 aliphatic heterocycles. The molecular weight excluding hydrogens is 318 g/mol. The summed E-state index contributed by atoms with van der Waals surface area (Å²) in [5, 5.41) is 0.955. The van der Waals surface area contributed by atoms with Gasteiger partial charge in [-0.1, -0.05) is 0 Å². The maximum atomic E-state index is 6.04. The molecule has 0 amide bonds. The fourth-order valence-electron chi connectivity index (χ4n) is 2.25. The van der Waals surface area contributed by atoms with Gasteiger partial charge in [-0.05, 0) is 40.2 Å². The van der Waals surface area contributed by atoms with E-state index in [1.807, 2.05) is 31.3 Å². The van der Waals surface area contributed by atoms with Crippen LogP contribution in [-0.4, -0.2) is 12.0 Å². The lowest BCUT2D eigenvalue weighted by atomic mass is 10.1. The topological polar surface area (TPSA) is 55.3 Å². The van der Waals surface area contributed by atoms with Gasteiger partial charge < -0.3 is 15.1 Å². The molecule has 0 fully saturated rings. The molecule has 3 aromatic rings. The Morgan fingerprint density at radius 3 is 2.95 bits per heavy atom. The Morgan fingerprint density at radius 2 is 2.20 bits per heavy atom. The van der Waals surface area contributed by atoms with Crippen LogP contribution in [0.1, 0.15) is 5.56 Å². The van der Waals surface area contributed by atoms with E-state index in [1.165, 1.54) is 0 Å². The van der Waals surface area contributed by atoms with E-state index in [2.05, 4.69) is 25.8 Å². The fraction of sp³-hybridized carbons (Fsp3) is 0.133. The minimum absolute atomic E-state index is 0.731. The van der Waals surface area contributed by atoms with Gasteiger partial charge in [0.25, 0.3) is 0 Å². The number of rotatable bonds is 3. The van der Waals surface area contributed by atoms with Crippen molar-refractivity contribution in [2.45, 2.75) is 6.54 Å². The summed E-state index contributed by atoms with van der Waals surface area (Å²) in [5.41, 5.74) is 9.83. The van der Waals surface area contributed by atoms with Crippen molar-refractivity contribution in [3.05, 3.63) is 53.0 Å². The molecule has 0 aliphatic rings. The van der Waals surface area contributed by atoms with Crippen LogP contribution in [0, 0.1) is 0 Å². The van der Waals surface area contributed by atoms with Gasteiger partial charge in [-0.25, -0.2) is 0 Å². The second kappa shape index (κ2) is 5.17. The predicted molar refractivity (Wildman–Crippen MR) is 84.7 cm³/mol. The monoisotopic (exact) mass is 331 g/mol. The first-order chi connectivity index (χ1) is 9.65. The van der Waals surface area contributed by atoms with Crippen molar-refractivity contribution < 1.29 is 4.42 Å². The van der Waals surface area contributed by atoms with Gasteiger partial charge in [0.05, 0.1) is 23.7 Å². The number of pyridine rings is 1. The molecule has 0 bridgehead atoms. The van der Waals surface area contributed by atoms with Crippen LogP contribution in [0.2, 0.25) is 0 Å². The third kappa shape index (κ3) is 2.36. The number of hydrogen-bond donors (Lipinski definition) is 1. The molecule has 4 nitrogen and oxygen atoms in total. The molecule has 0 radical (unpaired) electrons. The molecule has 5 heteroatoms. The van der Waals surface area contributed by atoms with Gasteiger partial charge in [0.2, 0.25) is 0 Å². The predicted octanol–water partition coefficient (Wildman–Crippen LogP) is 3.81. The van der Waals surface area contributed by atoms with E-state index in [0.717, 1.165) is 38.9 Å². The van der Waals surface area contributed by atoms with Gasteiger partial charge in [0, 0.05) is 40.9 Å². The number of anilines is 2. The molecule has 0 saturated heterocycles. The summed E-state index contributed by atoms with van der Waals surface area (Å²) in [6, 6.07) is 7.86. The molecule has 2 N–H and O–H groups in total. The SMILES string of the molecule is CN(Cc1ccoc1)c1ccc(N)c2cc(Br)cnc12. The molecule has 3 rings (SSSR count). The Hall–Kier alpha value is -2.01. The van der Waals surface area contributed by atoms with E-state index in [1.54, 1.807) is 18.7 Å². The van der Waals surface area contributed by atoms with Gasteiger partial charge in [-0.2, -0.15) is 0 Å². The molecule has 0 saturated carbocycles. The highest BCUT2D eigenvalue weighted by atomic mass is 79.9. The number of hydrogen-bond acceptors (Lipinski definition) is 4. The van der Waals surface area contributed by atoms with Crippen LogP contribution >= 0.6 is 15.9 Å². The molecule has 1 aromatic carbocycles.